The van der Waals surface area contributed by atoms with Crippen molar-refractivity contribution in [2.75, 3.05) is 30.4 Å². The lowest BCUT2D eigenvalue weighted by atomic mass is 10.0. The number of nitrogens with zero attached hydrogens (tertiary/aromatic N) is 4. The monoisotopic (exact) mass is 564 g/mol. The van der Waals surface area contributed by atoms with Crippen molar-refractivity contribution in [3.05, 3.63) is 41.2 Å². The SMILES string of the molecule is CN(CCNC(=O)OC(C)(C)C)c1ncnc2c(F)c(-c3ccc(F)c4sc(NC(=O)O)nc34)c(Cl)cc12. The molecule has 2 aromatic heterocycles. The van der Waals surface area contributed by atoms with E-state index in [1.807, 2.05) is 0 Å². The summed E-state index contributed by atoms with van der Waals surface area (Å²) < 4.78 is 35.7. The molecule has 10 nitrogen and oxygen atoms in total. The van der Waals surface area contributed by atoms with Gasteiger partial charge < -0.3 is 20.1 Å². The summed E-state index contributed by atoms with van der Waals surface area (Å²) >= 11 is 7.32. The lowest BCUT2D eigenvalue weighted by molar-refractivity contribution is 0.0529. The zero-order valence-corrected chi connectivity index (χ0v) is 22.3. The average molecular weight is 565 g/mol. The highest BCUT2D eigenvalue weighted by molar-refractivity contribution is 7.22. The number of alkyl carbamates (subject to hydrolysis) is 1. The molecular formula is C24H23ClF2N6O4S. The minimum absolute atomic E-state index is 0.0000168. The van der Waals surface area contributed by atoms with Gasteiger partial charge in [-0.25, -0.2) is 33.3 Å². The Morgan fingerprint density at radius 2 is 1.95 bits per heavy atom. The van der Waals surface area contributed by atoms with E-state index >= 15 is 4.39 Å². The molecule has 0 atom stereocenters. The number of carbonyl (C=O) groups excluding carboxylic acids is 1. The molecule has 3 N–H and O–H groups in total. The molecule has 0 radical (unpaired) electrons. The highest BCUT2D eigenvalue weighted by Gasteiger charge is 2.23. The molecule has 0 aliphatic rings. The van der Waals surface area contributed by atoms with E-state index < -0.39 is 29.4 Å². The number of hydrogen-bond acceptors (Lipinski definition) is 8. The van der Waals surface area contributed by atoms with Crippen molar-refractivity contribution < 1.29 is 28.2 Å². The summed E-state index contributed by atoms with van der Waals surface area (Å²) in [5.74, 6) is -1.03. The maximum absolute atomic E-state index is 15.9. The van der Waals surface area contributed by atoms with Crippen LogP contribution in [-0.4, -0.2) is 58.0 Å². The summed E-state index contributed by atoms with van der Waals surface area (Å²) in [4.78, 5) is 37.1. The molecule has 2 amide bonds. The van der Waals surface area contributed by atoms with Crippen molar-refractivity contribution in [1.82, 2.24) is 20.3 Å². The number of carboxylic acid groups (broad SMARTS) is 1. The van der Waals surface area contributed by atoms with E-state index in [0.29, 0.717) is 17.7 Å². The molecule has 0 bridgehead atoms. The first-order valence-corrected chi connectivity index (χ1v) is 12.4. The zero-order chi connectivity index (χ0) is 27.8. The number of anilines is 2. The van der Waals surface area contributed by atoms with E-state index in [1.165, 1.54) is 18.5 Å². The Balaban J connectivity index is 1.70. The predicted molar refractivity (Wildman–Crippen MR) is 142 cm³/mol. The molecule has 0 spiro atoms. The molecule has 200 valence electrons. The minimum atomic E-state index is -1.37. The molecule has 0 saturated heterocycles. The van der Waals surface area contributed by atoms with Gasteiger partial charge in [-0.15, -0.1) is 0 Å². The topological polar surface area (TPSA) is 130 Å². The van der Waals surface area contributed by atoms with Gasteiger partial charge in [0.05, 0.1) is 15.2 Å². The number of fused-ring (bicyclic) bond motifs is 2. The third-order valence-electron chi connectivity index (χ3n) is 5.26. The minimum Gasteiger partial charge on any atom is -0.465 e. The smallest absolute Gasteiger partial charge is 0.410 e. The van der Waals surface area contributed by atoms with Crippen molar-refractivity contribution >= 4 is 67.2 Å². The normalized spacial score (nSPS) is 11.6. The molecule has 4 rings (SSSR count). The van der Waals surface area contributed by atoms with Crippen molar-refractivity contribution in [1.29, 1.82) is 0 Å². The summed E-state index contributed by atoms with van der Waals surface area (Å²) in [6, 6.07) is 3.96. The molecular weight excluding hydrogens is 542 g/mol. The Labute approximate surface area is 224 Å². The molecule has 38 heavy (non-hydrogen) atoms. The molecule has 0 fully saturated rings. The molecule has 14 heteroatoms. The van der Waals surface area contributed by atoms with Crippen molar-refractivity contribution in [2.45, 2.75) is 26.4 Å². The number of ether oxygens (including phenoxy) is 1. The number of aromatic nitrogens is 3. The first kappa shape index (κ1) is 27.2. The van der Waals surface area contributed by atoms with E-state index in [-0.39, 0.29) is 43.6 Å². The van der Waals surface area contributed by atoms with Gasteiger partial charge >= 0.3 is 12.2 Å². The number of benzene rings is 2. The Morgan fingerprint density at radius 3 is 2.63 bits per heavy atom. The lowest BCUT2D eigenvalue weighted by Crippen LogP contribution is -2.37. The van der Waals surface area contributed by atoms with E-state index in [4.69, 9.17) is 21.4 Å². The Morgan fingerprint density at radius 1 is 1.21 bits per heavy atom. The van der Waals surface area contributed by atoms with Crippen LogP contribution >= 0.6 is 22.9 Å². The van der Waals surface area contributed by atoms with Gasteiger partial charge in [-0.1, -0.05) is 22.9 Å². The van der Waals surface area contributed by atoms with E-state index in [9.17, 15) is 14.0 Å². The molecule has 4 aromatic rings. The third-order valence-corrected chi connectivity index (χ3v) is 6.53. The summed E-state index contributed by atoms with van der Waals surface area (Å²) in [6.07, 6.45) is -0.726. The largest absolute Gasteiger partial charge is 0.465 e. The summed E-state index contributed by atoms with van der Waals surface area (Å²) in [5.41, 5.74) is -0.490. The molecule has 0 aliphatic carbocycles. The average Bonchev–Trinajstić information content (AvgIpc) is 3.23. The second-order valence-corrected chi connectivity index (χ2v) is 10.6. The molecule has 0 unspecified atom stereocenters. The van der Waals surface area contributed by atoms with Crippen LogP contribution in [0.2, 0.25) is 5.02 Å². The van der Waals surface area contributed by atoms with Gasteiger partial charge in [0.25, 0.3) is 0 Å². The van der Waals surface area contributed by atoms with Crippen LogP contribution in [0.1, 0.15) is 20.8 Å². The zero-order valence-electron chi connectivity index (χ0n) is 20.7. The number of amides is 2. The predicted octanol–water partition coefficient (Wildman–Crippen LogP) is 5.89. The summed E-state index contributed by atoms with van der Waals surface area (Å²) in [6.45, 7) is 5.83. The van der Waals surface area contributed by atoms with E-state index in [0.717, 1.165) is 17.4 Å². The summed E-state index contributed by atoms with van der Waals surface area (Å²) in [5, 5.41) is 14.0. The number of nitrogens with one attached hydrogen (secondary N) is 2. The highest BCUT2D eigenvalue weighted by Crippen LogP contribution is 2.42. The van der Waals surface area contributed by atoms with Crippen LogP contribution in [0, 0.1) is 11.6 Å². The quantitative estimate of drug-likeness (QED) is 0.264. The Kier molecular flexibility index (Phi) is 7.51. The maximum atomic E-state index is 15.9. The van der Waals surface area contributed by atoms with Crippen LogP contribution in [0.4, 0.5) is 29.3 Å². The van der Waals surface area contributed by atoms with Gasteiger partial charge in [0.2, 0.25) is 0 Å². The Bertz CT molecular complexity index is 1560. The van der Waals surface area contributed by atoms with Crippen LogP contribution in [0.25, 0.3) is 32.2 Å². The number of likely N-dealkylation sites (N-methyl/N-ethyl adjacent to an activating group) is 1. The molecule has 2 heterocycles. The fourth-order valence-corrected chi connectivity index (χ4v) is 4.92. The van der Waals surface area contributed by atoms with Crippen molar-refractivity contribution in [3.8, 4) is 11.1 Å². The molecule has 0 aliphatic heterocycles. The first-order chi connectivity index (χ1) is 17.9. The van der Waals surface area contributed by atoms with Crippen LogP contribution in [0.5, 0.6) is 0 Å². The number of halogens is 3. The van der Waals surface area contributed by atoms with Crippen LogP contribution in [-0.2, 0) is 4.74 Å². The lowest BCUT2D eigenvalue weighted by Gasteiger charge is -2.22. The van der Waals surface area contributed by atoms with Gasteiger partial charge in [-0.05, 0) is 39.0 Å². The fraction of sp³-hybridized carbons (Fsp3) is 0.292. The van der Waals surface area contributed by atoms with Gasteiger partial charge in [0.1, 0.15) is 29.1 Å². The van der Waals surface area contributed by atoms with Crippen molar-refractivity contribution in [2.24, 2.45) is 0 Å². The van der Waals surface area contributed by atoms with Gasteiger partial charge in [0, 0.05) is 36.7 Å². The van der Waals surface area contributed by atoms with Crippen molar-refractivity contribution in [3.63, 3.8) is 0 Å². The second kappa shape index (κ2) is 10.5. The first-order valence-electron chi connectivity index (χ1n) is 11.3. The Hall–Kier alpha value is -3.84. The molecule has 2 aromatic carbocycles. The van der Waals surface area contributed by atoms with Gasteiger partial charge in [-0.3, -0.25) is 5.32 Å². The van der Waals surface area contributed by atoms with Crippen LogP contribution < -0.4 is 15.5 Å². The van der Waals surface area contributed by atoms with Gasteiger partial charge in [-0.2, -0.15) is 0 Å². The summed E-state index contributed by atoms with van der Waals surface area (Å²) in [7, 11) is 1.72. The molecule has 0 saturated carbocycles. The number of rotatable bonds is 6. The van der Waals surface area contributed by atoms with Gasteiger partial charge in [0.15, 0.2) is 10.9 Å². The third kappa shape index (κ3) is 5.68. The number of thiazole rings is 1. The van der Waals surface area contributed by atoms with Crippen LogP contribution in [0.3, 0.4) is 0 Å². The number of carbonyl (C=O) groups is 2. The van der Waals surface area contributed by atoms with Crippen LogP contribution in [0.15, 0.2) is 24.5 Å². The van der Waals surface area contributed by atoms with E-state index in [2.05, 4.69) is 25.6 Å². The number of hydrogen-bond donors (Lipinski definition) is 3. The maximum Gasteiger partial charge on any atom is 0.410 e. The standard InChI is InChI=1S/C24H23ClF2N6O4S/c1-24(2,3)37-23(36)28-7-8-33(4)20-12-9-13(25)15(16(27)17(12)29-10-30-20)11-5-6-14(26)19-18(11)31-21(38-19)32-22(34)35/h5-6,9-10H,7-8H2,1-4H3,(H,28,36)(H,31,32)(H,34,35). The highest BCUT2D eigenvalue weighted by atomic mass is 35.5. The fourth-order valence-electron chi connectivity index (χ4n) is 3.74. The second-order valence-electron chi connectivity index (χ2n) is 9.21. The van der Waals surface area contributed by atoms with E-state index in [1.54, 1.807) is 32.7 Å².